The summed E-state index contributed by atoms with van der Waals surface area (Å²) in [4.78, 5) is 0. The van der Waals surface area contributed by atoms with Crippen molar-refractivity contribution in [1.82, 2.24) is 0 Å². The standard InChI is InChI=1S/C19H28O2/c1-19(9-3-4-10-19)11-8-14-6-5-7-15-12-17(20)18(21-2)13-16(14)15/h12-14,20H,3-11H2,1-2H3. The van der Waals surface area contributed by atoms with Crippen LogP contribution in [0, 0.1) is 5.41 Å². The van der Waals surface area contributed by atoms with E-state index in [2.05, 4.69) is 13.0 Å². The number of hydrogen-bond donors (Lipinski definition) is 1. The van der Waals surface area contributed by atoms with E-state index in [4.69, 9.17) is 4.74 Å². The van der Waals surface area contributed by atoms with Crippen molar-refractivity contribution in [3.63, 3.8) is 0 Å². The molecule has 1 fully saturated rings. The van der Waals surface area contributed by atoms with Crippen LogP contribution in [0.5, 0.6) is 11.5 Å². The molecule has 116 valence electrons. The zero-order valence-corrected chi connectivity index (χ0v) is 13.5. The summed E-state index contributed by atoms with van der Waals surface area (Å²) in [5.41, 5.74) is 3.34. The molecule has 0 bridgehead atoms. The summed E-state index contributed by atoms with van der Waals surface area (Å²) < 4.78 is 5.31. The van der Waals surface area contributed by atoms with Crippen molar-refractivity contribution in [2.75, 3.05) is 7.11 Å². The second-order valence-corrected chi connectivity index (χ2v) is 7.37. The average Bonchev–Trinajstić information content (AvgIpc) is 2.91. The van der Waals surface area contributed by atoms with Crippen molar-refractivity contribution in [2.45, 2.75) is 70.6 Å². The van der Waals surface area contributed by atoms with E-state index in [0.29, 0.717) is 22.8 Å². The maximum Gasteiger partial charge on any atom is 0.160 e. The van der Waals surface area contributed by atoms with E-state index in [1.807, 2.05) is 6.07 Å². The van der Waals surface area contributed by atoms with Crippen LogP contribution in [0.15, 0.2) is 12.1 Å². The van der Waals surface area contributed by atoms with Crippen LogP contribution in [0.2, 0.25) is 0 Å². The van der Waals surface area contributed by atoms with Crippen LogP contribution in [-0.2, 0) is 6.42 Å². The molecule has 2 heteroatoms. The minimum atomic E-state index is 0.291. The summed E-state index contributed by atoms with van der Waals surface area (Å²) in [5.74, 6) is 1.58. The molecule has 0 saturated heterocycles. The smallest absolute Gasteiger partial charge is 0.160 e. The van der Waals surface area contributed by atoms with Gasteiger partial charge < -0.3 is 9.84 Å². The first-order valence-electron chi connectivity index (χ1n) is 8.51. The number of methoxy groups -OCH3 is 1. The van der Waals surface area contributed by atoms with Gasteiger partial charge in [-0.15, -0.1) is 0 Å². The Morgan fingerprint density at radius 2 is 2.00 bits per heavy atom. The Balaban J connectivity index is 1.76. The molecule has 1 atom stereocenters. The van der Waals surface area contributed by atoms with Gasteiger partial charge in [-0.3, -0.25) is 0 Å². The maximum absolute atomic E-state index is 9.97. The number of hydrogen-bond acceptors (Lipinski definition) is 2. The predicted octanol–water partition coefficient (Wildman–Crippen LogP) is 5.18. The largest absolute Gasteiger partial charge is 0.504 e. The number of aryl methyl sites for hydroxylation is 1. The van der Waals surface area contributed by atoms with Gasteiger partial charge in [-0.1, -0.05) is 19.8 Å². The van der Waals surface area contributed by atoms with Crippen LogP contribution in [0.1, 0.15) is 75.3 Å². The molecule has 1 saturated carbocycles. The molecular weight excluding hydrogens is 260 g/mol. The van der Waals surface area contributed by atoms with E-state index >= 15 is 0 Å². The van der Waals surface area contributed by atoms with Crippen LogP contribution >= 0.6 is 0 Å². The fraction of sp³-hybridized carbons (Fsp3) is 0.684. The highest BCUT2D eigenvalue weighted by Gasteiger charge is 2.30. The second-order valence-electron chi connectivity index (χ2n) is 7.37. The highest BCUT2D eigenvalue weighted by molar-refractivity contribution is 5.48. The van der Waals surface area contributed by atoms with Crippen LogP contribution in [-0.4, -0.2) is 12.2 Å². The summed E-state index contributed by atoms with van der Waals surface area (Å²) in [6, 6.07) is 4.02. The van der Waals surface area contributed by atoms with Gasteiger partial charge in [0.2, 0.25) is 0 Å². The zero-order valence-electron chi connectivity index (χ0n) is 13.5. The first-order valence-corrected chi connectivity index (χ1v) is 8.51. The second kappa shape index (κ2) is 5.90. The number of phenols is 1. The number of rotatable bonds is 4. The lowest BCUT2D eigenvalue weighted by Crippen LogP contribution is -2.16. The molecule has 2 aliphatic carbocycles. The molecule has 1 N–H and O–H groups in total. The Morgan fingerprint density at radius 3 is 2.71 bits per heavy atom. The molecule has 0 heterocycles. The average molecular weight is 288 g/mol. The van der Waals surface area contributed by atoms with Gasteiger partial charge >= 0.3 is 0 Å². The SMILES string of the molecule is COc1cc2c(cc1O)CCCC2CCC1(C)CCCC1. The van der Waals surface area contributed by atoms with Gasteiger partial charge in [0.1, 0.15) is 0 Å². The van der Waals surface area contributed by atoms with Crippen molar-refractivity contribution in [3.8, 4) is 11.5 Å². The van der Waals surface area contributed by atoms with Crippen LogP contribution in [0.25, 0.3) is 0 Å². The molecule has 3 rings (SSSR count). The predicted molar refractivity (Wildman–Crippen MR) is 86.1 cm³/mol. The number of ether oxygens (including phenoxy) is 1. The molecule has 1 aromatic carbocycles. The molecule has 0 aromatic heterocycles. The van der Waals surface area contributed by atoms with E-state index in [9.17, 15) is 5.11 Å². The molecule has 1 aromatic rings. The molecular formula is C19H28O2. The van der Waals surface area contributed by atoms with Gasteiger partial charge in [0.15, 0.2) is 11.5 Å². The van der Waals surface area contributed by atoms with Gasteiger partial charge in [0.25, 0.3) is 0 Å². The Hall–Kier alpha value is -1.18. The van der Waals surface area contributed by atoms with E-state index in [1.165, 1.54) is 62.5 Å². The fourth-order valence-electron chi connectivity index (χ4n) is 4.38. The minimum Gasteiger partial charge on any atom is -0.504 e. The van der Waals surface area contributed by atoms with Crippen LogP contribution in [0.4, 0.5) is 0 Å². The van der Waals surface area contributed by atoms with Gasteiger partial charge in [-0.2, -0.15) is 0 Å². The maximum atomic E-state index is 9.97. The highest BCUT2D eigenvalue weighted by Crippen LogP contribution is 2.46. The molecule has 2 nitrogen and oxygen atoms in total. The van der Waals surface area contributed by atoms with Crippen molar-refractivity contribution in [1.29, 1.82) is 0 Å². The van der Waals surface area contributed by atoms with Crippen molar-refractivity contribution < 1.29 is 9.84 Å². The summed E-state index contributed by atoms with van der Waals surface area (Å²) in [6.45, 7) is 2.47. The van der Waals surface area contributed by atoms with E-state index < -0.39 is 0 Å². The lowest BCUT2D eigenvalue weighted by atomic mass is 9.75. The Labute approximate surface area is 128 Å². The van der Waals surface area contributed by atoms with Gasteiger partial charge in [-0.05, 0) is 79.5 Å². The van der Waals surface area contributed by atoms with E-state index in [-0.39, 0.29) is 0 Å². The first-order chi connectivity index (χ1) is 10.1. The van der Waals surface area contributed by atoms with Crippen molar-refractivity contribution in [3.05, 3.63) is 23.3 Å². The number of benzene rings is 1. The van der Waals surface area contributed by atoms with Crippen molar-refractivity contribution in [2.24, 2.45) is 5.41 Å². The minimum absolute atomic E-state index is 0.291. The topological polar surface area (TPSA) is 29.5 Å². The lowest BCUT2D eigenvalue weighted by Gasteiger charge is -2.30. The molecule has 21 heavy (non-hydrogen) atoms. The highest BCUT2D eigenvalue weighted by atomic mass is 16.5. The van der Waals surface area contributed by atoms with Crippen LogP contribution < -0.4 is 4.74 Å². The third-order valence-electron chi connectivity index (χ3n) is 5.79. The van der Waals surface area contributed by atoms with Crippen LogP contribution in [0.3, 0.4) is 0 Å². The molecule has 0 radical (unpaired) electrons. The quantitative estimate of drug-likeness (QED) is 0.827. The summed E-state index contributed by atoms with van der Waals surface area (Å²) in [6.07, 6.45) is 11.9. The zero-order chi connectivity index (χ0) is 14.9. The van der Waals surface area contributed by atoms with Gasteiger partial charge in [0, 0.05) is 0 Å². The number of aromatic hydroxyl groups is 1. The van der Waals surface area contributed by atoms with E-state index in [0.717, 1.165) is 6.42 Å². The Kier molecular flexibility index (Phi) is 4.14. The molecule has 1 unspecified atom stereocenters. The number of fused-ring (bicyclic) bond motifs is 1. The van der Waals surface area contributed by atoms with Crippen molar-refractivity contribution >= 4 is 0 Å². The van der Waals surface area contributed by atoms with E-state index in [1.54, 1.807) is 7.11 Å². The normalized spacial score (nSPS) is 23.8. The van der Waals surface area contributed by atoms with Gasteiger partial charge in [-0.25, -0.2) is 0 Å². The summed E-state index contributed by atoms with van der Waals surface area (Å²) in [5, 5.41) is 9.97. The number of phenolic OH excluding ortho intramolecular Hbond substituents is 1. The third-order valence-corrected chi connectivity index (χ3v) is 5.79. The Bertz CT molecular complexity index is 501. The summed E-state index contributed by atoms with van der Waals surface area (Å²) >= 11 is 0. The molecule has 0 amide bonds. The summed E-state index contributed by atoms with van der Waals surface area (Å²) in [7, 11) is 1.64. The molecule has 0 aliphatic heterocycles. The monoisotopic (exact) mass is 288 g/mol. The lowest BCUT2D eigenvalue weighted by molar-refractivity contribution is 0.282. The fourth-order valence-corrected chi connectivity index (χ4v) is 4.38. The Morgan fingerprint density at radius 1 is 1.24 bits per heavy atom. The van der Waals surface area contributed by atoms with Gasteiger partial charge in [0.05, 0.1) is 7.11 Å². The third kappa shape index (κ3) is 3.04. The first kappa shape index (κ1) is 14.7. The molecule has 0 spiro atoms. The molecule has 2 aliphatic rings.